The van der Waals surface area contributed by atoms with Crippen LogP contribution >= 0.6 is 0 Å². The number of aliphatic imine (C=N–C) groups is 1. The maximum absolute atomic E-state index is 7.21. The van der Waals surface area contributed by atoms with Gasteiger partial charge >= 0.3 is 0 Å². The summed E-state index contributed by atoms with van der Waals surface area (Å²) in [6.45, 7) is 3.87. The molecule has 0 saturated heterocycles. The van der Waals surface area contributed by atoms with Crippen molar-refractivity contribution in [2.75, 3.05) is 25.0 Å². The van der Waals surface area contributed by atoms with Crippen LogP contribution in [0.25, 0.3) is 5.69 Å². The Bertz CT molecular complexity index is 1100. The normalized spacial score (nSPS) is 32.4. The van der Waals surface area contributed by atoms with E-state index in [9.17, 15) is 0 Å². The number of anilines is 1. The molecule has 1 aromatic carbocycles. The van der Waals surface area contributed by atoms with Crippen LogP contribution in [0.2, 0.25) is 0 Å². The second-order valence-electron chi connectivity index (χ2n) is 10.2. The first kappa shape index (κ1) is 20.0. The van der Waals surface area contributed by atoms with Gasteiger partial charge in [0.2, 0.25) is 5.96 Å². The largest absolute Gasteiger partial charge is 0.369 e. The van der Waals surface area contributed by atoms with Crippen LogP contribution in [-0.4, -0.2) is 46.2 Å². The van der Waals surface area contributed by atoms with Crippen LogP contribution in [-0.2, 0) is 0 Å². The predicted molar refractivity (Wildman–Crippen MR) is 127 cm³/mol. The number of hydrogen-bond donors (Lipinski definition) is 2. The van der Waals surface area contributed by atoms with Crippen LogP contribution in [0.15, 0.2) is 52.9 Å². The number of aromatic nitrogens is 2. The van der Waals surface area contributed by atoms with Crippen molar-refractivity contribution in [1.82, 2.24) is 14.5 Å². The lowest BCUT2D eigenvalue weighted by atomic mass is 9.74. The van der Waals surface area contributed by atoms with E-state index in [1.165, 1.54) is 37.0 Å². The Kier molecular flexibility index (Phi) is 4.49. The van der Waals surface area contributed by atoms with Crippen LogP contribution in [0, 0.1) is 24.7 Å². The summed E-state index contributed by atoms with van der Waals surface area (Å²) in [6, 6.07) is 8.49. The van der Waals surface area contributed by atoms with Crippen molar-refractivity contribution in [3.63, 3.8) is 0 Å². The Morgan fingerprint density at radius 1 is 1.09 bits per heavy atom. The highest BCUT2D eigenvalue weighted by Gasteiger charge is 2.53. The highest BCUT2D eigenvalue weighted by atomic mass is 15.3. The second kappa shape index (κ2) is 7.18. The number of guanidine groups is 1. The molecule has 2 aliphatic carbocycles. The Morgan fingerprint density at radius 2 is 1.88 bits per heavy atom. The van der Waals surface area contributed by atoms with Crippen LogP contribution in [0.3, 0.4) is 0 Å². The van der Waals surface area contributed by atoms with Crippen molar-refractivity contribution >= 4 is 11.6 Å². The smallest absolute Gasteiger partial charge is 0.202 e. The van der Waals surface area contributed by atoms with Gasteiger partial charge in [-0.25, -0.2) is 9.98 Å². The molecule has 2 aliphatic heterocycles. The molecule has 0 amide bonds. The first-order chi connectivity index (χ1) is 15.4. The molecule has 7 heteroatoms. The van der Waals surface area contributed by atoms with Gasteiger partial charge in [0.1, 0.15) is 11.5 Å². The van der Waals surface area contributed by atoms with E-state index in [1.807, 2.05) is 19.3 Å². The Hall–Kier alpha value is -2.64. The van der Waals surface area contributed by atoms with Crippen molar-refractivity contribution in [3.05, 3.63) is 53.8 Å². The van der Waals surface area contributed by atoms with Crippen LogP contribution in [0.4, 0.5) is 5.69 Å². The van der Waals surface area contributed by atoms with E-state index >= 15 is 0 Å². The lowest BCUT2D eigenvalue weighted by Crippen LogP contribution is -2.59. The van der Waals surface area contributed by atoms with Gasteiger partial charge in [0.15, 0.2) is 0 Å². The number of nitrogens with two attached hydrogens (primary N) is 2. The van der Waals surface area contributed by atoms with Crippen molar-refractivity contribution in [3.8, 4) is 5.69 Å². The SMILES string of the molecule is Cc1nccn1-c1ccc(N2C(N)=NC(N)(C3CC4CCC3C4)C3=C2CCN(C)C3)cc1. The summed E-state index contributed by atoms with van der Waals surface area (Å²) in [7, 11) is 2.18. The Morgan fingerprint density at radius 3 is 2.53 bits per heavy atom. The number of fused-ring (bicyclic) bond motifs is 2. The van der Waals surface area contributed by atoms with Gasteiger partial charge in [0.25, 0.3) is 0 Å². The molecule has 7 nitrogen and oxygen atoms in total. The summed E-state index contributed by atoms with van der Waals surface area (Å²) in [6.07, 6.45) is 9.90. The molecule has 32 heavy (non-hydrogen) atoms. The minimum Gasteiger partial charge on any atom is -0.369 e. The van der Waals surface area contributed by atoms with Gasteiger partial charge in [-0.2, -0.15) is 0 Å². The molecule has 4 unspecified atom stereocenters. The number of likely N-dealkylation sites (N-methyl/N-ethyl adjacent to an activating group) is 1. The van der Waals surface area contributed by atoms with Gasteiger partial charge in [0, 0.05) is 60.5 Å². The number of hydrogen-bond acceptors (Lipinski definition) is 6. The lowest BCUT2D eigenvalue weighted by molar-refractivity contribution is 0.200. The second-order valence-corrected chi connectivity index (χ2v) is 10.2. The number of imidazole rings is 1. The molecule has 2 fully saturated rings. The predicted octanol–water partition coefficient (Wildman–Crippen LogP) is 3.00. The molecular weight excluding hydrogens is 398 g/mol. The summed E-state index contributed by atoms with van der Waals surface area (Å²) in [5.74, 6) is 3.42. The summed E-state index contributed by atoms with van der Waals surface area (Å²) in [5.41, 5.74) is 17.9. The van der Waals surface area contributed by atoms with Gasteiger partial charge in [-0.1, -0.05) is 6.42 Å². The molecule has 168 valence electrons. The van der Waals surface area contributed by atoms with E-state index in [1.54, 1.807) is 0 Å². The van der Waals surface area contributed by atoms with Gasteiger partial charge < -0.3 is 20.9 Å². The van der Waals surface area contributed by atoms with E-state index in [0.717, 1.165) is 42.6 Å². The third-order valence-electron chi connectivity index (χ3n) is 8.30. The van der Waals surface area contributed by atoms with E-state index in [0.29, 0.717) is 17.8 Å². The molecule has 2 saturated carbocycles. The Balaban J connectivity index is 1.39. The number of nitrogens with zero attached hydrogens (tertiary/aromatic N) is 5. The molecule has 4 atom stereocenters. The molecule has 2 bridgehead atoms. The van der Waals surface area contributed by atoms with Gasteiger partial charge in [-0.05, 0) is 69.3 Å². The van der Waals surface area contributed by atoms with E-state index in [4.69, 9.17) is 16.5 Å². The van der Waals surface area contributed by atoms with Gasteiger partial charge in [-0.15, -0.1) is 0 Å². The van der Waals surface area contributed by atoms with Gasteiger partial charge in [0.05, 0.1) is 0 Å². The van der Waals surface area contributed by atoms with Gasteiger partial charge in [-0.3, -0.25) is 4.90 Å². The summed E-state index contributed by atoms with van der Waals surface area (Å²) >= 11 is 0. The van der Waals surface area contributed by atoms with Crippen LogP contribution < -0.4 is 16.4 Å². The fourth-order valence-electron chi connectivity index (χ4n) is 6.73. The zero-order valence-corrected chi connectivity index (χ0v) is 19.0. The molecule has 0 spiro atoms. The minimum atomic E-state index is -0.668. The standard InChI is InChI=1S/C25H33N7/c1-16-28-10-12-31(16)19-5-7-20(8-6-19)32-23-9-11-30(2)15-22(23)25(27,29-24(32)26)21-14-17-3-4-18(21)13-17/h5-8,10,12,17-18,21H,3-4,9,11,13-15,27H2,1-2H3,(H2,26,29). The number of benzene rings is 1. The zero-order chi connectivity index (χ0) is 22.0. The highest BCUT2D eigenvalue weighted by Crippen LogP contribution is 2.55. The molecular formula is C25H33N7. The molecule has 1 aromatic heterocycles. The maximum Gasteiger partial charge on any atom is 0.202 e. The molecule has 2 aromatic rings. The molecule has 4 aliphatic rings. The first-order valence-electron chi connectivity index (χ1n) is 11.9. The molecule has 3 heterocycles. The Labute approximate surface area is 189 Å². The van der Waals surface area contributed by atoms with Crippen LogP contribution in [0.5, 0.6) is 0 Å². The van der Waals surface area contributed by atoms with E-state index in [2.05, 4.69) is 50.7 Å². The van der Waals surface area contributed by atoms with E-state index < -0.39 is 5.66 Å². The summed E-state index contributed by atoms with van der Waals surface area (Å²) < 4.78 is 2.08. The minimum absolute atomic E-state index is 0.407. The average molecular weight is 432 g/mol. The number of rotatable bonds is 3. The quantitative estimate of drug-likeness (QED) is 0.780. The average Bonchev–Trinajstić information content (AvgIpc) is 3.52. The summed E-state index contributed by atoms with van der Waals surface area (Å²) in [4.78, 5) is 13.9. The van der Waals surface area contributed by atoms with Crippen molar-refractivity contribution in [1.29, 1.82) is 0 Å². The first-order valence-corrected chi connectivity index (χ1v) is 11.9. The summed E-state index contributed by atoms with van der Waals surface area (Å²) in [5, 5.41) is 0. The molecule has 0 radical (unpaired) electrons. The zero-order valence-electron chi connectivity index (χ0n) is 19.0. The molecule has 6 rings (SSSR count). The number of aryl methyl sites for hydroxylation is 1. The third-order valence-corrected chi connectivity index (χ3v) is 8.30. The van der Waals surface area contributed by atoms with Crippen molar-refractivity contribution in [2.45, 2.75) is 44.7 Å². The fraction of sp³-hybridized carbons (Fsp3) is 0.520. The fourth-order valence-corrected chi connectivity index (χ4v) is 6.73. The maximum atomic E-state index is 7.21. The monoisotopic (exact) mass is 431 g/mol. The van der Waals surface area contributed by atoms with Crippen molar-refractivity contribution in [2.24, 2.45) is 34.2 Å². The topological polar surface area (TPSA) is 88.7 Å². The third kappa shape index (κ3) is 2.94. The highest BCUT2D eigenvalue weighted by molar-refractivity contribution is 5.99. The van der Waals surface area contributed by atoms with Crippen LogP contribution in [0.1, 0.15) is 37.9 Å². The van der Waals surface area contributed by atoms with E-state index in [-0.39, 0.29) is 0 Å². The van der Waals surface area contributed by atoms with Crippen molar-refractivity contribution < 1.29 is 0 Å². The lowest BCUT2D eigenvalue weighted by Gasteiger charge is -2.48. The molecule has 4 N–H and O–H groups in total.